The summed E-state index contributed by atoms with van der Waals surface area (Å²) < 4.78 is 47.4. The number of amidine groups is 1. The van der Waals surface area contributed by atoms with Crippen LogP contribution >= 0.6 is 11.8 Å². The Bertz CT molecular complexity index is 1250. The zero-order valence-corrected chi connectivity index (χ0v) is 26.7. The molecule has 1 aliphatic heterocycles. The molecule has 0 radical (unpaired) electrons. The fraction of sp³-hybridized carbons (Fsp3) is 0.607. The van der Waals surface area contributed by atoms with Crippen LogP contribution < -0.4 is 5.73 Å². The minimum absolute atomic E-state index is 0.00696. The summed E-state index contributed by atoms with van der Waals surface area (Å²) in [5, 5.41) is 0.123. The first kappa shape index (κ1) is 32.1. The number of benzene rings is 1. The highest BCUT2D eigenvalue weighted by molar-refractivity contribution is 8.14. The number of thioether (sulfide) groups is 1. The molecular weight excluding hydrogens is 554 g/mol. The van der Waals surface area contributed by atoms with Crippen molar-refractivity contribution in [2.45, 2.75) is 83.1 Å². The molecule has 0 saturated carbocycles. The van der Waals surface area contributed by atoms with Crippen molar-refractivity contribution in [3.05, 3.63) is 47.4 Å². The number of ether oxygens (including phenoxy) is 2. The van der Waals surface area contributed by atoms with Gasteiger partial charge in [0.05, 0.1) is 10.4 Å². The number of anilines is 1. The number of nitrogens with zero attached hydrogens (tertiary/aromatic N) is 3. The van der Waals surface area contributed by atoms with Gasteiger partial charge in [-0.25, -0.2) is 28.5 Å². The summed E-state index contributed by atoms with van der Waals surface area (Å²) in [6.45, 7) is 16.6. The van der Waals surface area contributed by atoms with E-state index in [-0.39, 0.29) is 23.1 Å². The van der Waals surface area contributed by atoms with Crippen LogP contribution in [0.3, 0.4) is 0 Å². The first-order valence-corrected chi connectivity index (χ1v) is 17.8. The summed E-state index contributed by atoms with van der Waals surface area (Å²) in [4.78, 5) is 23.9. The maximum atomic E-state index is 15.5. The molecule has 8 nitrogen and oxygen atoms in total. The number of aliphatic imine (C=N–C) groups is 1. The molecule has 1 amide bonds. The predicted molar refractivity (Wildman–Crippen MR) is 158 cm³/mol. The molecule has 0 spiro atoms. The number of amides is 1. The van der Waals surface area contributed by atoms with Crippen LogP contribution in [0.25, 0.3) is 0 Å². The third-order valence-corrected chi connectivity index (χ3v) is 10.2. The standard InChI is InChI=1S/C28H42F2N4O4SSi/c1-18-23(37-16-32-18)27(6)19(2)28(15-29,21-14-20(31)10-11-22(21)30)33-24(39-27)34(25(35)38-26(3,4)5)17-36-12-13-40(7,8)9/h10-11,14,16,19H,12-13,15,17,31H2,1-9H3/t19-,27+,28+/m1/s1. The molecule has 2 N–H and O–H groups in total. The van der Waals surface area contributed by atoms with Gasteiger partial charge in [-0.2, -0.15) is 0 Å². The molecule has 222 valence electrons. The van der Waals surface area contributed by atoms with Gasteiger partial charge in [0.2, 0.25) is 0 Å². The van der Waals surface area contributed by atoms with Gasteiger partial charge in [-0.1, -0.05) is 38.3 Å². The lowest BCUT2D eigenvalue weighted by atomic mass is 9.72. The Balaban J connectivity index is 2.22. The van der Waals surface area contributed by atoms with Crippen LogP contribution in [0.1, 0.15) is 51.6 Å². The number of nitrogen functional groups attached to an aromatic ring is 1. The van der Waals surface area contributed by atoms with Crippen molar-refractivity contribution in [1.29, 1.82) is 0 Å². The molecule has 0 unspecified atom stereocenters. The average Bonchev–Trinajstić information content (AvgIpc) is 3.27. The predicted octanol–water partition coefficient (Wildman–Crippen LogP) is 7.07. The van der Waals surface area contributed by atoms with Crippen LogP contribution in [-0.4, -0.2) is 54.8 Å². The minimum atomic E-state index is -1.74. The highest BCUT2D eigenvalue weighted by Crippen LogP contribution is 2.57. The Labute approximate surface area is 241 Å². The number of alkyl halides is 1. The van der Waals surface area contributed by atoms with E-state index in [1.165, 1.54) is 41.3 Å². The van der Waals surface area contributed by atoms with Crippen molar-refractivity contribution in [3.63, 3.8) is 0 Å². The van der Waals surface area contributed by atoms with Crippen molar-refractivity contribution >= 4 is 36.8 Å². The van der Waals surface area contributed by atoms with E-state index < -0.39 is 48.5 Å². The minimum Gasteiger partial charge on any atom is -0.447 e. The molecule has 2 heterocycles. The number of nitrogens with two attached hydrogens (primary N) is 1. The quantitative estimate of drug-likeness (QED) is 0.150. The van der Waals surface area contributed by atoms with E-state index in [1.54, 1.807) is 34.6 Å². The Hall–Kier alpha value is -2.44. The number of rotatable bonds is 8. The topological polar surface area (TPSA) is 103 Å². The van der Waals surface area contributed by atoms with Gasteiger partial charge in [0.15, 0.2) is 11.6 Å². The van der Waals surface area contributed by atoms with Gasteiger partial charge in [0, 0.05) is 31.8 Å². The van der Waals surface area contributed by atoms with E-state index in [4.69, 9.17) is 24.6 Å². The molecule has 12 heteroatoms. The van der Waals surface area contributed by atoms with Crippen LogP contribution in [-0.2, 0) is 19.8 Å². The van der Waals surface area contributed by atoms with Gasteiger partial charge in [-0.15, -0.1) is 0 Å². The first-order chi connectivity index (χ1) is 18.4. The third-order valence-electron chi connectivity index (χ3n) is 7.06. The Morgan fingerprint density at radius 1 is 1.30 bits per heavy atom. The van der Waals surface area contributed by atoms with Crippen molar-refractivity contribution in [2.24, 2.45) is 10.9 Å². The van der Waals surface area contributed by atoms with Crippen LogP contribution in [0, 0.1) is 18.7 Å². The lowest BCUT2D eigenvalue weighted by Crippen LogP contribution is -2.53. The fourth-order valence-corrected chi connectivity index (χ4v) is 6.83. The summed E-state index contributed by atoms with van der Waals surface area (Å²) >= 11 is 1.21. The molecular formula is C28H42F2N4O4SSi. The maximum Gasteiger partial charge on any atom is 0.418 e. The SMILES string of the molecule is Cc1ncoc1[C@@]1(C)SC(N(COCC[Si](C)(C)C)C(=O)OC(C)(C)C)=N[C@](CF)(c2cc(N)ccc2F)[C@@H]1C. The number of hydrogen-bond acceptors (Lipinski definition) is 8. The van der Waals surface area contributed by atoms with Gasteiger partial charge in [-0.05, 0) is 58.9 Å². The van der Waals surface area contributed by atoms with Crippen molar-refractivity contribution in [2.75, 3.05) is 25.7 Å². The van der Waals surface area contributed by atoms with E-state index in [0.29, 0.717) is 18.1 Å². The summed E-state index contributed by atoms with van der Waals surface area (Å²) in [6, 6.07) is 4.90. The Morgan fingerprint density at radius 3 is 2.52 bits per heavy atom. The lowest BCUT2D eigenvalue weighted by molar-refractivity contribution is 0.0105. The normalized spacial score (nSPS) is 23.6. The Morgan fingerprint density at radius 2 is 1.98 bits per heavy atom. The second-order valence-corrected chi connectivity index (χ2v) is 19.7. The number of halogens is 2. The second kappa shape index (κ2) is 11.8. The number of aromatic nitrogens is 1. The molecule has 1 aromatic carbocycles. The number of aryl methyl sites for hydroxylation is 1. The summed E-state index contributed by atoms with van der Waals surface area (Å²) in [5.74, 6) is -0.834. The van der Waals surface area contributed by atoms with Gasteiger partial charge >= 0.3 is 6.09 Å². The van der Waals surface area contributed by atoms with Gasteiger partial charge in [0.1, 0.15) is 36.1 Å². The monoisotopic (exact) mass is 596 g/mol. The van der Waals surface area contributed by atoms with E-state index >= 15 is 8.78 Å². The summed E-state index contributed by atoms with van der Waals surface area (Å²) in [5.41, 5.74) is 4.33. The molecule has 1 aromatic heterocycles. The average molecular weight is 597 g/mol. The zero-order valence-electron chi connectivity index (χ0n) is 24.9. The molecule has 3 rings (SSSR count). The smallest absolute Gasteiger partial charge is 0.418 e. The third kappa shape index (κ3) is 6.88. The molecule has 0 saturated heterocycles. The van der Waals surface area contributed by atoms with Gasteiger partial charge < -0.3 is 19.6 Å². The van der Waals surface area contributed by atoms with E-state index in [9.17, 15) is 4.79 Å². The van der Waals surface area contributed by atoms with Gasteiger partial charge in [0.25, 0.3) is 0 Å². The van der Waals surface area contributed by atoms with E-state index in [0.717, 1.165) is 6.04 Å². The first-order valence-electron chi connectivity index (χ1n) is 13.3. The van der Waals surface area contributed by atoms with Crippen LogP contribution in [0.5, 0.6) is 0 Å². The number of carbonyl (C=O) groups is 1. The molecule has 0 fully saturated rings. The van der Waals surface area contributed by atoms with E-state index in [1.807, 2.05) is 6.92 Å². The van der Waals surface area contributed by atoms with Crippen LogP contribution in [0.4, 0.5) is 19.3 Å². The van der Waals surface area contributed by atoms with Crippen LogP contribution in [0.2, 0.25) is 25.7 Å². The molecule has 1 aliphatic rings. The number of hydrogen-bond donors (Lipinski definition) is 1. The number of oxazole rings is 1. The largest absolute Gasteiger partial charge is 0.447 e. The highest BCUT2D eigenvalue weighted by atomic mass is 32.2. The zero-order chi connectivity index (χ0) is 30.1. The Kier molecular flexibility index (Phi) is 9.47. The van der Waals surface area contributed by atoms with Crippen molar-refractivity contribution < 1.29 is 27.5 Å². The molecule has 2 aromatic rings. The number of carbonyl (C=O) groups excluding carboxylic acids is 1. The fourth-order valence-electron chi connectivity index (χ4n) is 4.58. The molecule has 0 bridgehead atoms. The summed E-state index contributed by atoms with van der Waals surface area (Å²) in [7, 11) is -1.41. The van der Waals surface area contributed by atoms with Crippen molar-refractivity contribution in [1.82, 2.24) is 9.88 Å². The van der Waals surface area contributed by atoms with Gasteiger partial charge in [-0.3, -0.25) is 0 Å². The van der Waals surface area contributed by atoms with Crippen molar-refractivity contribution in [3.8, 4) is 0 Å². The summed E-state index contributed by atoms with van der Waals surface area (Å²) in [6.07, 6.45) is 0.608. The lowest BCUT2D eigenvalue weighted by Gasteiger charge is -2.48. The second-order valence-electron chi connectivity index (χ2n) is 12.6. The van der Waals surface area contributed by atoms with Crippen LogP contribution in [0.15, 0.2) is 34.0 Å². The molecule has 40 heavy (non-hydrogen) atoms. The highest BCUT2D eigenvalue weighted by Gasteiger charge is 2.57. The molecule has 0 aliphatic carbocycles. The maximum absolute atomic E-state index is 15.5. The molecule has 3 atom stereocenters. The van der Waals surface area contributed by atoms with E-state index in [2.05, 4.69) is 24.6 Å².